The highest BCUT2D eigenvalue weighted by atomic mass is 16.6. The van der Waals surface area contributed by atoms with Crippen LogP contribution in [-0.2, 0) is 4.74 Å². The molecule has 0 amide bonds. The molecule has 2 heteroatoms. The summed E-state index contributed by atoms with van der Waals surface area (Å²) in [5, 5.41) is 0. The van der Waals surface area contributed by atoms with Gasteiger partial charge in [-0.15, -0.1) is 0 Å². The van der Waals surface area contributed by atoms with Gasteiger partial charge in [-0.25, -0.2) is 0 Å². The van der Waals surface area contributed by atoms with E-state index in [0.29, 0.717) is 18.1 Å². The first-order valence-electron chi connectivity index (χ1n) is 5.36. The summed E-state index contributed by atoms with van der Waals surface area (Å²) in [6.07, 6.45) is 7.07. The van der Waals surface area contributed by atoms with Gasteiger partial charge in [0.1, 0.15) is 0 Å². The molecule has 0 bridgehead atoms. The second kappa shape index (κ2) is 4.09. The second-order valence-corrected chi connectivity index (χ2v) is 4.01. The van der Waals surface area contributed by atoms with Crippen LogP contribution in [0.4, 0.5) is 0 Å². The predicted molar refractivity (Wildman–Crippen MR) is 56.2 cm³/mol. The van der Waals surface area contributed by atoms with Gasteiger partial charge in [0.05, 0.1) is 12.2 Å². The molecule has 1 aromatic rings. The van der Waals surface area contributed by atoms with E-state index in [1.807, 2.05) is 18.5 Å². The Morgan fingerprint density at radius 2 is 2.36 bits per heavy atom. The van der Waals surface area contributed by atoms with E-state index in [-0.39, 0.29) is 0 Å². The highest BCUT2D eigenvalue weighted by Crippen LogP contribution is 2.33. The Bertz CT molecular complexity index is 286. The number of epoxide rings is 1. The van der Waals surface area contributed by atoms with Crippen LogP contribution >= 0.6 is 0 Å². The van der Waals surface area contributed by atoms with Crippen molar-refractivity contribution in [3.05, 3.63) is 30.1 Å². The standard InChI is InChI=1S/C12H17NO/c1-3-10(7-12-9(2)14-12)11-5-4-6-13-8-11/h4-6,8-10,12H,3,7H2,1-2H3. The highest BCUT2D eigenvalue weighted by molar-refractivity contribution is 5.15. The summed E-state index contributed by atoms with van der Waals surface area (Å²) < 4.78 is 5.45. The normalized spacial score (nSPS) is 27.3. The Balaban J connectivity index is 1.99. The van der Waals surface area contributed by atoms with Gasteiger partial charge in [-0.3, -0.25) is 4.98 Å². The Morgan fingerprint density at radius 1 is 1.57 bits per heavy atom. The van der Waals surface area contributed by atoms with Crippen molar-refractivity contribution in [1.29, 1.82) is 0 Å². The molecule has 2 nitrogen and oxygen atoms in total. The lowest BCUT2D eigenvalue weighted by molar-refractivity contribution is 0.357. The fourth-order valence-corrected chi connectivity index (χ4v) is 1.91. The third-order valence-electron chi connectivity index (χ3n) is 3.00. The van der Waals surface area contributed by atoms with E-state index in [2.05, 4.69) is 24.9 Å². The third kappa shape index (κ3) is 2.13. The minimum absolute atomic E-state index is 0.473. The van der Waals surface area contributed by atoms with E-state index in [1.165, 1.54) is 5.56 Å². The number of nitrogens with zero attached hydrogens (tertiary/aromatic N) is 1. The molecule has 0 aliphatic carbocycles. The van der Waals surface area contributed by atoms with E-state index in [4.69, 9.17) is 4.74 Å². The summed E-state index contributed by atoms with van der Waals surface area (Å²) in [5.74, 6) is 0.610. The summed E-state index contributed by atoms with van der Waals surface area (Å²) in [5.41, 5.74) is 1.35. The number of pyridine rings is 1. The van der Waals surface area contributed by atoms with Crippen molar-refractivity contribution in [2.45, 2.75) is 44.8 Å². The Morgan fingerprint density at radius 3 is 2.86 bits per heavy atom. The summed E-state index contributed by atoms with van der Waals surface area (Å²) in [6, 6.07) is 4.17. The lowest BCUT2D eigenvalue weighted by Gasteiger charge is -2.12. The molecule has 0 N–H and O–H groups in total. The molecular weight excluding hydrogens is 174 g/mol. The largest absolute Gasteiger partial charge is 0.370 e. The first kappa shape index (κ1) is 9.66. The fourth-order valence-electron chi connectivity index (χ4n) is 1.91. The van der Waals surface area contributed by atoms with Crippen LogP contribution in [0.1, 0.15) is 38.2 Å². The molecule has 14 heavy (non-hydrogen) atoms. The second-order valence-electron chi connectivity index (χ2n) is 4.01. The van der Waals surface area contributed by atoms with Crippen LogP contribution in [0.25, 0.3) is 0 Å². The van der Waals surface area contributed by atoms with Crippen LogP contribution in [0.3, 0.4) is 0 Å². The summed E-state index contributed by atoms with van der Waals surface area (Å²) in [7, 11) is 0. The van der Waals surface area contributed by atoms with Gasteiger partial charge in [0.2, 0.25) is 0 Å². The SMILES string of the molecule is CCC(CC1OC1C)c1cccnc1. The summed E-state index contributed by atoms with van der Waals surface area (Å²) in [6.45, 7) is 4.37. The minimum atomic E-state index is 0.473. The van der Waals surface area contributed by atoms with Crippen molar-refractivity contribution in [1.82, 2.24) is 4.98 Å². The van der Waals surface area contributed by atoms with Gasteiger partial charge in [-0.05, 0) is 37.3 Å². The fraction of sp³-hybridized carbons (Fsp3) is 0.583. The molecule has 0 aromatic carbocycles. The number of aromatic nitrogens is 1. The monoisotopic (exact) mass is 191 g/mol. The molecular formula is C12H17NO. The molecule has 3 unspecified atom stereocenters. The van der Waals surface area contributed by atoms with E-state index < -0.39 is 0 Å². The average Bonchev–Trinajstić information content (AvgIpc) is 2.92. The van der Waals surface area contributed by atoms with Crippen LogP contribution < -0.4 is 0 Å². The number of hydrogen-bond donors (Lipinski definition) is 0. The molecule has 0 radical (unpaired) electrons. The molecule has 0 saturated carbocycles. The van der Waals surface area contributed by atoms with E-state index >= 15 is 0 Å². The van der Waals surface area contributed by atoms with Crippen molar-refractivity contribution in [3.63, 3.8) is 0 Å². The summed E-state index contributed by atoms with van der Waals surface area (Å²) >= 11 is 0. The quantitative estimate of drug-likeness (QED) is 0.684. The smallest absolute Gasteiger partial charge is 0.0844 e. The van der Waals surface area contributed by atoms with Crippen LogP contribution in [0.15, 0.2) is 24.5 Å². The van der Waals surface area contributed by atoms with Gasteiger partial charge >= 0.3 is 0 Å². The molecule has 2 rings (SSSR count). The molecule has 76 valence electrons. The molecule has 1 saturated heterocycles. The first-order chi connectivity index (χ1) is 6.81. The predicted octanol–water partition coefficient (Wildman–Crippen LogP) is 2.75. The maximum absolute atomic E-state index is 5.45. The van der Waals surface area contributed by atoms with Crippen LogP contribution in [-0.4, -0.2) is 17.2 Å². The zero-order chi connectivity index (χ0) is 9.97. The topological polar surface area (TPSA) is 25.4 Å². The number of rotatable bonds is 4. The average molecular weight is 191 g/mol. The van der Waals surface area contributed by atoms with E-state index in [9.17, 15) is 0 Å². The van der Waals surface area contributed by atoms with Gasteiger partial charge in [0.25, 0.3) is 0 Å². The van der Waals surface area contributed by atoms with E-state index in [0.717, 1.165) is 12.8 Å². The van der Waals surface area contributed by atoms with Crippen LogP contribution in [0.2, 0.25) is 0 Å². The zero-order valence-electron chi connectivity index (χ0n) is 8.81. The Labute approximate surface area is 85.3 Å². The number of ether oxygens (including phenoxy) is 1. The lowest BCUT2D eigenvalue weighted by Crippen LogP contribution is -2.03. The van der Waals surface area contributed by atoms with Gasteiger partial charge in [0.15, 0.2) is 0 Å². The molecule has 1 aliphatic rings. The maximum atomic E-state index is 5.45. The zero-order valence-corrected chi connectivity index (χ0v) is 8.81. The maximum Gasteiger partial charge on any atom is 0.0844 e. The van der Waals surface area contributed by atoms with Crippen LogP contribution in [0, 0.1) is 0 Å². The Hall–Kier alpha value is -0.890. The van der Waals surface area contributed by atoms with Crippen molar-refractivity contribution in [2.24, 2.45) is 0 Å². The molecule has 1 fully saturated rings. The highest BCUT2D eigenvalue weighted by Gasteiger charge is 2.35. The van der Waals surface area contributed by atoms with Gasteiger partial charge in [-0.2, -0.15) is 0 Å². The number of hydrogen-bond acceptors (Lipinski definition) is 2. The van der Waals surface area contributed by atoms with E-state index in [1.54, 1.807) is 0 Å². The lowest BCUT2D eigenvalue weighted by atomic mass is 9.92. The van der Waals surface area contributed by atoms with Gasteiger partial charge < -0.3 is 4.74 Å². The van der Waals surface area contributed by atoms with Gasteiger partial charge in [-0.1, -0.05) is 13.0 Å². The third-order valence-corrected chi connectivity index (χ3v) is 3.00. The van der Waals surface area contributed by atoms with Gasteiger partial charge in [0, 0.05) is 12.4 Å². The van der Waals surface area contributed by atoms with Crippen molar-refractivity contribution in [2.75, 3.05) is 0 Å². The molecule has 2 heterocycles. The van der Waals surface area contributed by atoms with Crippen LogP contribution in [0.5, 0.6) is 0 Å². The van der Waals surface area contributed by atoms with Crippen molar-refractivity contribution >= 4 is 0 Å². The first-order valence-corrected chi connectivity index (χ1v) is 5.36. The Kier molecular flexibility index (Phi) is 2.82. The summed E-state index contributed by atoms with van der Waals surface area (Å²) in [4.78, 5) is 4.16. The molecule has 1 aliphatic heterocycles. The molecule has 1 aromatic heterocycles. The van der Waals surface area contributed by atoms with Crippen molar-refractivity contribution in [3.8, 4) is 0 Å². The minimum Gasteiger partial charge on any atom is -0.370 e. The molecule has 3 atom stereocenters. The molecule has 0 spiro atoms. The van der Waals surface area contributed by atoms with Crippen molar-refractivity contribution < 1.29 is 4.74 Å².